The van der Waals surface area contributed by atoms with Crippen LogP contribution in [0.15, 0.2) is 33.1 Å². The molecule has 2 aromatic rings. The molecule has 96 valence electrons. The molecule has 18 heavy (non-hydrogen) atoms. The fourth-order valence-electron chi connectivity index (χ4n) is 1.47. The van der Waals surface area contributed by atoms with E-state index in [0.717, 1.165) is 26.4 Å². The summed E-state index contributed by atoms with van der Waals surface area (Å²) in [7, 11) is -3.54. The molecule has 7 heteroatoms. The third kappa shape index (κ3) is 3.09. The molecule has 0 aliphatic rings. The van der Waals surface area contributed by atoms with E-state index in [2.05, 4.69) is 25.6 Å². The van der Waals surface area contributed by atoms with E-state index in [9.17, 15) is 8.42 Å². The minimum atomic E-state index is -3.54. The number of thiazole rings is 1. The van der Waals surface area contributed by atoms with E-state index in [4.69, 9.17) is 0 Å². The molecule has 4 nitrogen and oxygen atoms in total. The summed E-state index contributed by atoms with van der Waals surface area (Å²) >= 11 is 4.49. The lowest BCUT2D eigenvalue weighted by Crippen LogP contribution is -2.11. The summed E-state index contributed by atoms with van der Waals surface area (Å²) in [6.07, 6.45) is 1.37. The molecule has 0 atom stereocenters. The van der Waals surface area contributed by atoms with Crippen molar-refractivity contribution in [3.05, 3.63) is 39.4 Å². The molecule has 0 fully saturated rings. The first kappa shape index (κ1) is 13.5. The topological polar surface area (TPSA) is 59.1 Å². The highest BCUT2D eigenvalue weighted by atomic mass is 79.9. The van der Waals surface area contributed by atoms with Gasteiger partial charge in [-0.05, 0) is 37.6 Å². The van der Waals surface area contributed by atoms with Gasteiger partial charge >= 0.3 is 0 Å². The van der Waals surface area contributed by atoms with E-state index >= 15 is 0 Å². The highest BCUT2D eigenvalue weighted by Crippen LogP contribution is 2.24. The Morgan fingerprint density at radius 3 is 2.56 bits per heavy atom. The van der Waals surface area contributed by atoms with Gasteiger partial charge in [-0.2, -0.15) is 0 Å². The Bertz CT molecular complexity index is 660. The van der Waals surface area contributed by atoms with Crippen molar-refractivity contribution in [2.45, 2.75) is 18.1 Å². The van der Waals surface area contributed by atoms with Crippen LogP contribution in [0.1, 0.15) is 10.6 Å². The predicted molar refractivity (Wildman–Crippen MR) is 76.5 cm³/mol. The summed E-state index contributed by atoms with van der Waals surface area (Å²) in [6, 6.07) is 5.41. The molecule has 1 heterocycles. The van der Waals surface area contributed by atoms with Crippen molar-refractivity contribution in [2.24, 2.45) is 0 Å². The van der Waals surface area contributed by atoms with Crippen molar-refractivity contribution in [1.29, 1.82) is 0 Å². The molecule has 0 bridgehead atoms. The number of halogens is 1. The van der Waals surface area contributed by atoms with Crippen molar-refractivity contribution in [2.75, 3.05) is 4.72 Å². The number of hydrogen-bond acceptors (Lipinski definition) is 4. The molecule has 0 saturated heterocycles. The van der Waals surface area contributed by atoms with Crippen LogP contribution in [0.5, 0.6) is 0 Å². The van der Waals surface area contributed by atoms with Crippen molar-refractivity contribution in [3.8, 4) is 0 Å². The second kappa shape index (κ2) is 4.99. The summed E-state index contributed by atoms with van der Waals surface area (Å²) < 4.78 is 27.8. The van der Waals surface area contributed by atoms with Crippen molar-refractivity contribution >= 4 is 43.0 Å². The quantitative estimate of drug-likeness (QED) is 0.927. The van der Waals surface area contributed by atoms with Crippen molar-refractivity contribution in [1.82, 2.24) is 4.98 Å². The maximum atomic E-state index is 12.1. The molecule has 0 saturated carbocycles. The van der Waals surface area contributed by atoms with Gasteiger partial charge in [0.25, 0.3) is 10.0 Å². The molecular weight excluding hydrogens is 336 g/mol. The fourth-order valence-corrected chi connectivity index (χ4v) is 4.22. The lowest BCUT2D eigenvalue weighted by molar-refractivity contribution is 0.603. The average Bonchev–Trinajstić information content (AvgIpc) is 2.62. The maximum absolute atomic E-state index is 12.1. The van der Waals surface area contributed by atoms with Crippen LogP contribution < -0.4 is 4.72 Å². The summed E-state index contributed by atoms with van der Waals surface area (Å²) in [6.45, 7) is 3.67. The number of benzene rings is 1. The summed E-state index contributed by atoms with van der Waals surface area (Å²) in [4.78, 5) is 3.95. The van der Waals surface area contributed by atoms with E-state index in [1.54, 1.807) is 19.1 Å². The van der Waals surface area contributed by atoms with Gasteiger partial charge in [0.2, 0.25) is 0 Å². The predicted octanol–water partition coefficient (Wildman–Crippen LogP) is 3.32. The number of aromatic nitrogens is 1. The molecular formula is C11H11BrN2O2S2. The first-order chi connectivity index (χ1) is 8.37. The van der Waals surface area contributed by atoms with Gasteiger partial charge in [-0.15, -0.1) is 11.3 Å². The van der Waals surface area contributed by atoms with Crippen molar-refractivity contribution in [3.63, 3.8) is 0 Å². The number of nitrogens with zero attached hydrogens (tertiary/aromatic N) is 1. The molecule has 0 radical (unpaired) electrons. The summed E-state index contributed by atoms with van der Waals surface area (Å²) in [5.41, 5.74) is 1.51. The molecule has 0 spiro atoms. The Labute approximate surface area is 118 Å². The molecule has 2 rings (SSSR count). The van der Waals surface area contributed by atoms with Gasteiger partial charge in [0.15, 0.2) is 4.21 Å². The van der Waals surface area contributed by atoms with Crippen LogP contribution in [0, 0.1) is 13.8 Å². The highest BCUT2D eigenvalue weighted by Gasteiger charge is 2.17. The van der Waals surface area contributed by atoms with Crippen LogP contribution in [0.2, 0.25) is 0 Å². The van der Waals surface area contributed by atoms with Gasteiger partial charge in [-0.25, -0.2) is 13.4 Å². The van der Waals surface area contributed by atoms with E-state index < -0.39 is 10.0 Å². The molecule has 0 unspecified atom stereocenters. The average molecular weight is 347 g/mol. The zero-order valence-corrected chi connectivity index (χ0v) is 13.0. The lowest BCUT2D eigenvalue weighted by Gasteiger charge is -2.07. The largest absolute Gasteiger partial charge is 0.279 e. The lowest BCUT2D eigenvalue weighted by atomic mass is 10.2. The zero-order valence-electron chi connectivity index (χ0n) is 9.77. The number of anilines is 1. The van der Waals surface area contributed by atoms with Crippen LogP contribution in [0.3, 0.4) is 0 Å². The summed E-state index contributed by atoms with van der Waals surface area (Å²) in [5.74, 6) is 0. The van der Waals surface area contributed by atoms with E-state index in [1.807, 2.05) is 13.0 Å². The summed E-state index contributed by atoms with van der Waals surface area (Å²) in [5, 5.41) is 0.723. The number of hydrogen-bond donors (Lipinski definition) is 1. The van der Waals surface area contributed by atoms with Crippen LogP contribution in [0.4, 0.5) is 5.69 Å². The Hall–Kier alpha value is -0.920. The van der Waals surface area contributed by atoms with Crippen LogP contribution in [-0.2, 0) is 10.0 Å². The molecule has 0 amide bonds. The van der Waals surface area contributed by atoms with Gasteiger partial charge in [-0.1, -0.05) is 15.9 Å². The maximum Gasteiger partial charge on any atom is 0.273 e. The standard InChI is InChI=1S/C11H11BrN2O2S2/c1-7-3-9(12)5-10(4-7)14-18(15,16)11-6-13-8(2)17-11/h3-6,14H,1-2H3. The van der Waals surface area contributed by atoms with Crippen LogP contribution in [0.25, 0.3) is 0 Å². The molecule has 0 aliphatic carbocycles. The highest BCUT2D eigenvalue weighted by molar-refractivity contribution is 9.10. The van der Waals surface area contributed by atoms with Crippen LogP contribution in [-0.4, -0.2) is 13.4 Å². The monoisotopic (exact) mass is 346 g/mol. The van der Waals surface area contributed by atoms with Gasteiger partial charge < -0.3 is 0 Å². The first-order valence-electron chi connectivity index (χ1n) is 5.09. The third-order valence-electron chi connectivity index (χ3n) is 2.16. The minimum Gasteiger partial charge on any atom is -0.279 e. The van der Waals surface area contributed by atoms with Gasteiger partial charge in [0.1, 0.15) is 0 Å². The number of rotatable bonds is 3. The van der Waals surface area contributed by atoms with Gasteiger partial charge in [0, 0.05) is 4.47 Å². The second-order valence-electron chi connectivity index (χ2n) is 3.82. The van der Waals surface area contributed by atoms with Gasteiger partial charge in [0.05, 0.1) is 16.9 Å². The van der Waals surface area contributed by atoms with E-state index in [-0.39, 0.29) is 4.21 Å². The Morgan fingerprint density at radius 2 is 2.00 bits per heavy atom. The van der Waals surface area contributed by atoms with Crippen molar-refractivity contribution < 1.29 is 8.42 Å². The Morgan fingerprint density at radius 1 is 1.28 bits per heavy atom. The Balaban J connectivity index is 2.33. The zero-order chi connectivity index (χ0) is 13.3. The smallest absolute Gasteiger partial charge is 0.273 e. The second-order valence-corrected chi connectivity index (χ2v) is 7.88. The molecule has 1 aromatic carbocycles. The number of aryl methyl sites for hydroxylation is 2. The van der Waals surface area contributed by atoms with Crippen LogP contribution >= 0.6 is 27.3 Å². The van der Waals surface area contributed by atoms with E-state index in [1.165, 1.54) is 6.20 Å². The molecule has 1 aromatic heterocycles. The Kier molecular flexibility index (Phi) is 3.74. The van der Waals surface area contributed by atoms with E-state index in [0.29, 0.717) is 5.69 Å². The number of sulfonamides is 1. The third-order valence-corrected chi connectivity index (χ3v) is 5.37. The van der Waals surface area contributed by atoms with Gasteiger partial charge in [-0.3, -0.25) is 4.72 Å². The normalized spacial score (nSPS) is 11.5. The minimum absolute atomic E-state index is 0.220. The first-order valence-corrected chi connectivity index (χ1v) is 8.18. The molecule has 0 aliphatic heterocycles. The number of nitrogens with one attached hydrogen (secondary N) is 1. The fraction of sp³-hybridized carbons (Fsp3) is 0.182. The molecule has 1 N–H and O–H groups in total. The SMILES string of the molecule is Cc1cc(Br)cc(NS(=O)(=O)c2cnc(C)s2)c1.